The van der Waals surface area contributed by atoms with E-state index in [4.69, 9.17) is 4.99 Å². The molecule has 0 saturated carbocycles. The van der Waals surface area contributed by atoms with Crippen molar-refractivity contribution >= 4 is 5.96 Å². The Kier molecular flexibility index (Phi) is 14.9. The van der Waals surface area contributed by atoms with Gasteiger partial charge in [0.1, 0.15) is 0 Å². The summed E-state index contributed by atoms with van der Waals surface area (Å²) in [4.78, 5) is 9.62. The van der Waals surface area contributed by atoms with Crippen LogP contribution >= 0.6 is 0 Å². The molecule has 2 N–H and O–H groups in total. The van der Waals surface area contributed by atoms with Crippen LogP contribution in [0.5, 0.6) is 0 Å². The predicted molar refractivity (Wildman–Crippen MR) is 113 cm³/mol. The number of aliphatic imine (C=N–C) groups is 1. The molecule has 5 nitrogen and oxygen atoms in total. The highest BCUT2D eigenvalue weighted by Crippen LogP contribution is 2.01. The summed E-state index contributed by atoms with van der Waals surface area (Å²) in [6.07, 6.45) is 4.76. The van der Waals surface area contributed by atoms with Crippen LogP contribution in [0.15, 0.2) is 4.99 Å². The third kappa shape index (κ3) is 13.1. The summed E-state index contributed by atoms with van der Waals surface area (Å²) in [6.45, 7) is 19.8. The first-order chi connectivity index (χ1) is 11.9. The number of unbranched alkanes of at least 4 members (excludes halogenated alkanes) is 1. The summed E-state index contributed by atoms with van der Waals surface area (Å²) in [6, 6.07) is 1.08. The van der Waals surface area contributed by atoms with Crippen LogP contribution in [0.3, 0.4) is 0 Å². The van der Waals surface area contributed by atoms with Crippen LogP contribution in [0, 0.1) is 0 Å². The predicted octanol–water partition coefficient (Wildman–Crippen LogP) is 3.17. The van der Waals surface area contributed by atoms with E-state index >= 15 is 0 Å². The van der Waals surface area contributed by atoms with Crippen molar-refractivity contribution in [1.29, 1.82) is 0 Å². The van der Waals surface area contributed by atoms with Crippen molar-refractivity contribution in [3.63, 3.8) is 0 Å². The first-order valence-electron chi connectivity index (χ1n) is 10.4. The smallest absolute Gasteiger partial charge is 0.191 e. The molecule has 25 heavy (non-hydrogen) atoms. The van der Waals surface area contributed by atoms with Crippen LogP contribution in [-0.2, 0) is 0 Å². The number of rotatable bonds is 14. The molecule has 0 aromatic rings. The standard InChI is InChI=1S/C20H45N5/c1-8-21-20(22-15-11-12-16-24(7)18(4)5)23-19(6)14-13-17-25(9-2)10-3/h18-19H,8-17H2,1-7H3,(H2,21,22,23). The lowest BCUT2D eigenvalue weighted by molar-refractivity contribution is 0.269. The maximum absolute atomic E-state index is 4.74. The molecule has 0 rings (SSSR count). The summed E-state index contributed by atoms with van der Waals surface area (Å²) in [7, 11) is 2.19. The Bertz CT molecular complexity index is 326. The molecular weight excluding hydrogens is 310 g/mol. The van der Waals surface area contributed by atoms with Crippen LogP contribution in [-0.4, -0.2) is 74.2 Å². The van der Waals surface area contributed by atoms with Crippen LogP contribution in [0.25, 0.3) is 0 Å². The molecule has 0 spiro atoms. The lowest BCUT2D eigenvalue weighted by Gasteiger charge is -2.21. The molecule has 0 radical (unpaired) electrons. The highest BCUT2D eigenvalue weighted by Gasteiger charge is 2.07. The maximum Gasteiger partial charge on any atom is 0.191 e. The minimum Gasteiger partial charge on any atom is -0.357 e. The maximum atomic E-state index is 4.74. The van der Waals surface area contributed by atoms with Crippen molar-refractivity contribution in [2.24, 2.45) is 4.99 Å². The Hall–Kier alpha value is -0.810. The minimum atomic E-state index is 0.459. The molecule has 0 amide bonds. The Labute approximate surface area is 157 Å². The van der Waals surface area contributed by atoms with Crippen LogP contribution in [0.2, 0.25) is 0 Å². The third-order valence-corrected chi connectivity index (χ3v) is 4.80. The van der Waals surface area contributed by atoms with Gasteiger partial charge >= 0.3 is 0 Å². The molecule has 0 heterocycles. The average molecular weight is 356 g/mol. The van der Waals surface area contributed by atoms with Gasteiger partial charge in [0, 0.05) is 25.2 Å². The quantitative estimate of drug-likeness (QED) is 0.285. The van der Waals surface area contributed by atoms with E-state index in [1.165, 1.54) is 25.8 Å². The SMILES string of the molecule is CCNC(=NCCCCN(C)C(C)C)NC(C)CCCN(CC)CC. The second-order valence-corrected chi connectivity index (χ2v) is 7.26. The summed E-state index contributed by atoms with van der Waals surface area (Å²) in [5.74, 6) is 0.968. The molecule has 5 heteroatoms. The van der Waals surface area contributed by atoms with Crippen LogP contribution < -0.4 is 10.6 Å². The molecule has 0 aliphatic rings. The third-order valence-electron chi connectivity index (χ3n) is 4.80. The fourth-order valence-electron chi connectivity index (χ4n) is 2.71. The second kappa shape index (κ2) is 15.4. The summed E-state index contributed by atoms with van der Waals surface area (Å²) in [5, 5.41) is 6.93. The molecule has 1 atom stereocenters. The van der Waals surface area contributed by atoms with Crippen molar-refractivity contribution in [1.82, 2.24) is 20.4 Å². The van der Waals surface area contributed by atoms with E-state index in [0.717, 1.165) is 45.1 Å². The van der Waals surface area contributed by atoms with Crippen molar-refractivity contribution in [2.45, 2.75) is 79.3 Å². The number of nitrogens with one attached hydrogen (secondary N) is 2. The van der Waals surface area contributed by atoms with Gasteiger partial charge in [-0.2, -0.15) is 0 Å². The lowest BCUT2D eigenvalue weighted by Crippen LogP contribution is -2.42. The van der Waals surface area contributed by atoms with E-state index in [9.17, 15) is 0 Å². The highest BCUT2D eigenvalue weighted by molar-refractivity contribution is 5.79. The topological polar surface area (TPSA) is 42.9 Å². The second-order valence-electron chi connectivity index (χ2n) is 7.26. The van der Waals surface area contributed by atoms with E-state index in [0.29, 0.717) is 12.1 Å². The van der Waals surface area contributed by atoms with Gasteiger partial charge in [0.15, 0.2) is 5.96 Å². The molecule has 0 aromatic carbocycles. The fourth-order valence-corrected chi connectivity index (χ4v) is 2.71. The zero-order valence-electron chi connectivity index (χ0n) is 18.1. The average Bonchev–Trinajstić information content (AvgIpc) is 2.58. The summed E-state index contributed by atoms with van der Waals surface area (Å²) < 4.78 is 0. The van der Waals surface area contributed by atoms with Crippen LogP contribution in [0.4, 0.5) is 0 Å². The lowest BCUT2D eigenvalue weighted by atomic mass is 10.2. The fraction of sp³-hybridized carbons (Fsp3) is 0.950. The van der Waals surface area contributed by atoms with Gasteiger partial charge < -0.3 is 20.4 Å². The van der Waals surface area contributed by atoms with Gasteiger partial charge in [-0.3, -0.25) is 4.99 Å². The normalized spacial score (nSPS) is 13.8. The van der Waals surface area contributed by atoms with Crippen molar-refractivity contribution in [3.05, 3.63) is 0 Å². The number of hydrogen-bond acceptors (Lipinski definition) is 3. The Morgan fingerprint density at radius 1 is 0.960 bits per heavy atom. The van der Waals surface area contributed by atoms with Gasteiger partial charge in [-0.15, -0.1) is 0 Å². The summed E-state index contributed by atoms with van der Waals surface area (Å²) >= 11 is 0. The van der Waals surface area contributed by atoms with Gasteiger partial charge in [-0.05, 0) is 86.6 Å². The van der Waals surface area contributed by atoms with E-state index in [1.807, 2.05) is 0 Å². The van der Waals surface area contributed by atoms with E-state index < -0.39 is 0 Å². The van der Waals surface area contributed by atoms with Gasteiger partial charge in [-0.1, -0.05) is 13.8 Å². The van der Waals surface area contributed by atoms with Crippen molar-refractivity contribution < 1.29 is 0 Å². The van der Waals surface area contributed by atoms with Crippen molar-refractivity contribution in [3.8, 4) is 0 Å². The monoisotopic (exact) mass is 355 g/mol. The molecule has 0 saturated heterocycles. The molecule has 0 fully saturated rings. The Morgan fingerprint density at radius 3 is 2.20 bits per heavy atom. The molecular formula is C20H45N5. The van der Waals surface area contributed by atoms with Gasteiger partial charge in [0.2, 0.25) is 0 Å². The van der Waals surface area contributed by atoms with Crippen molar-refractivity contribution in [2.75, 3.05) is 46.3 Å². The molecule has 0 aliphatic heterocycles. The van der Waals surface area contributed by atoms with Gasteiger partial charge in [0.05, 0.1) is 0 Å². The van der Waals surface area contributed by atoms with E-state index in [2.05, 4.69) is 69.0 Å². The van der Waals surface area contributed by atoms with Gasteiger partial charge in [0.25, 0.3) is 0 Å². The largest absolute Gasteiger partial charge is 0.357 e. The molecule has 0 bridgehead atoms. The highest BCUT2D eigenvalue weighted by atomic mass is 15.2. The first-order valence-corrected chi connectivity index (χ1v) is 10.4. The van der Waals surface area contributed by atoms with E-state index in [-0.39, 0.29) is 0 Å². The Balaban J connectivity index is 4.08. The minimum absolute atomic E-state index is 0.459. The van der Waals surface area contributed by atoms with Gasteiger partial charge in [-0.25, -0.2) is 0 Å². The number of guanidine groups is 1. The molecule has 1 unspecified atom stereocenters. The van der Waals surface area contributed by atoms with Crippen LogP contribution in [0.1, 0.15) is 67.2 Å². The van der Waals surface area contributed by atoms with E-state index in [1.54, 1.807) is 0 Å². The Morgan fingerprint density at radius 2 is 1.64 bits per heavy atom. The molecule has 0 aliphatic carbocycles. The zero-order valence-corrected chi connectivity index (χ0v) is 18.1. The molecule has 150 valence electrons. The number of nitrogens with zero attached hydrogens (tertiary/aromatic N) is 3. The summed E-state index contributed by atoms with van der Waals surface area (Å²) in [5.41, 5.74) is 0. The number of hydrogen-bond donors (Lipinski definition) is 2. The zero-order chi connectivity index (χ0) is 19.1. The molecule has 0 aromatic heterocycles. The first kappa shape index (κ1) is 24.2.